The van der Waals surface area contributed by atoms with Crippen LogP contribution in [0.25, 0.3) is 22.4 Å². The molecule has 0 aliphatic rings. The van der Waals surface area contributed by atoms with Gasteiger partial charge in [-0.05, 0) is 72.0 Å². The highest BCUT2D eigenvalue weighted by Gasteiger charge is 2.36. The maximum atomic E-state index is 13.2. The number of pyridine rings is 2. The number of rotatable bonds is 6. The second-order valence-corrected chi connectivity index (χ2v) is 8.59. The van der Waals surface area contributed by atoms with Crippen LogP contribution in [-0.4, -0.2) is 22.4 Å². The molecule has 0 spiro atoms. The maximum absolute atomic E-state index is 13.2. The lowest BCUT2D eigenvalue weighted by atomic mass is 9.95. The van der Waals surface area contributed by atoms with Crippen LogP contribution in [0.1, 0.15) is 32.6 Å². The predicted octanol–water partition coefficient (Wildman–Crippen LogP) is 7.13. The quantitative estimate of drug-likeness (QED) is 0.271. The first-order valence-electron chi connectivity index (χ1n) is 11.5. The third kappa shape index (κ3) is 6.19. The molecule has 10 heteroatoms. The SMILES string of the molecule is Cc1ccccc1-c1cc(-c2ccncc2)ncc1C(=O)NCCc1cc(C(F)(F)F)cc(C(F)(F)F)c1. The van der Waals surface area contributed by atoms with Crippen LogP contribution < -0.4 is 5.32 Å². The van der Waals surface area contributed by atoms with Gasteiger partial charge in [-0.25, -0.2) is 0 Å². The summed E-state index contributed by atoms with van der Waals surface area (Å²) in [5.74, 6) is -0.556. The number of aromatic nitrogens is 2. The number of alkyl halides is 6. The van der Waals surface area contributed by atoms with Crippen LogP contribution in [0.15, 0.2) is 79.3 Å². The van der Waals surface area contributed by atoms with E-state index in [4.69, 9.17) is 0 Å². The molecule has 1 N–H and O–H groups in total. The van der Waals surface area contributed by atoms with Crippen LogP contribution in [0, 0.1) is 6.92 Å². The molecule has 0 unspecified atom stereocenters. The minimum absolute atomic E-state index is 0.0760. The summed E-state index contributed by atoms with van der Waals surface area (Å²) >= 11 is 0. The van der Waals surface area contributed by atoms with Crippen molar-refractivity contribution in [3.63, 3.8) is 0 Å². The number of hydrogen-bond donors (Lipinski definition) is 1. The molecular formula is C28H21F6N3O. The molecule has 0 radical (unpaired) electrons. The Morgan fingerprint density at radius 3 is 2.08 bits per heavy atom. The van der Waals surface area contributed by atoms with Gasteiger partial charge >= 0.3 is 12.4 Å². The van der Waals surface area contributed by atoms with E-state index in [9.17, 15) is 31.1 Å². The fraction of sp³-hybridized carbons (Fsp3) is 0.179. The van der Waals surface area contributed by atoms with Crippen molar-refractivity contribution in [1.29, 1.82) is 0 Å². The van der Waals surface area contributed by atoms with Crippen molar-refractivity contribution in [1.82, 2.24) is 15.3 Å². The Balaban J connectivity index is 1.60. The Morgan fingerprint density at radius 1 is 0.842 bits per heavy atom. The summed E-state index contributed by atoms with van der Waals surface area (Å²) in [5.41, 5.74) is 0.881. The van der Waals surface area contributed by atoms with E-state index in [0.717, 1.165) is 16.7 Å². The Bertz CT molecular complexity index is 1420. The number of hydrogen-bond acceptors (Lipinski definition) is 3. The number of carbonyl (C=O) groups is 1. The van der Waals surface area contributed by atoms with Gasteiger partial charge in [0.15, 0.2) is 0 Å². The topological polar surface area (TPSA) is 54.9 Å². The molecule has 2 heterocycles. The summed E-state index contributed by atoms with van der Waals surface area (Å²) in [6.07, 6.45) is -5.49. The number of carbonyl (C=O) groups excluding carboxylic acids is 1. The highest BCUT2D eigenvalue weighted by atomic mass is 19.4. The van der Waals surface area contributed by atoms with E-state index in [1.165, 1.54) is 6.20 Å². The summed E-state index contributed by atoms with van der Waals surface area (Å²) in [6, 6.07) is 14.1. The molecule has 0 aliphatic heterocycles. The first kappa shape index (κ1) is 26.8. The number of aryl methyl sites for hydroxylation is 1. The van der Waals surface area contributed by atoms with Crippen LogP contribution in [0.4, 0.5) is 26.3 Å². The molecule has 0 saturated carbocycles. The molecule has 0 saturated heterocycles. The van der Waals surface area contributed by atoms with E-state index in [1.807, 2.05) is 31.2 Å². The fourth-order valence-electron chi connectivity index (χ4n) is 3.99. The first-order valence-corrected chi connectivity index (χ1v) is 11.5. The van der Waals surface area contributed by atoms with Gasteiger partial charge in [0.25, 0.3) is 5.91 Å². The predicted molar refractivity (Wildman–Crippen MR) is 130 cm³/mol. The van der Waals surface area contributed by atoms with Crippen LogP contribution in [0.5, 0.6) is 0 Å². The average molecular weight is 529 g/mol. The molecule has 0 atom stereocenters. The third-order valence-corrected chi connectivity index (χ3v) is 5.91. The average Bonchev–Trinajstić information content (AvgIpc) is 2.88. The largest absolute Gasteiger partial charge is 0.416 e. The lowest BCUT2D eigenvalue weighted by molar-refractivity contribution is -0.143. The van der Waals surface area contributed by atoms with E-state index < -0.39 is 29.4 Å². The van der Waals surface area contributed by atoms with Gasteiger partial charge < -0.3 is 5.32 Å². The van der Waals surface area contributed by atoms with E-state index >= 15 is 0 Å². The fourth-order valence-corrected chi connectivity index (χ4v) is 3.99. The maximum Gasteiger partial charge on any atom is 0.416 e. The van der Waals surface area contributed by atoms with Gasteiger partial charge in [0, 0.05) is 30.7 Å². The molecule has 2 aromatic carbocycles. The second kappa shape index (κ2) is 10.6. The molecule has 2 aromatic heterocycles. The molecule has 4 nitrogen and oxygen atoms in total. The molecular weight excluding hydrogens is 508 g/mol. The van der Waals surface area contributed by atoms with Crippen molar-refractivity contribution in [2.24, 2.45) is 0 Å². The van der Waals surface area contributed by atoms with Crippen LogP contribution in [0.2, 0.25) is 0 Å². The number of nitrogens with zero attached hydrogens (tertiary/aromatic N) is 2. The monoisotopic (exact) mass is 529 g/mol. The van der Waals surface area contributed by atoms with Crippen molar-refractivity contribution < 1.29 is 31.1 Å². The van der Waals surface area contributed by atoms with Gasteiger partial charge in [-0.15, -0.1) is 0 Å². The number of amides is 1. The number of benzene rings is 2. The Hall–Kier alpha value is -4.21. The first-order chi connectivity index (χ1) is 17.9. The van der Waals surface area contributed by atoms with Crippen molar-refractivity contribution >= 4 is 5.91 Å². The minimum Gasteiger partial charge on any atom is -0.352 e. The molecule has 0 fully saturated rings. The van der Waals surface area contributed by atoms with Crippen LogP contribution in [0.3, 0.4) is 0 Å². The van der Waals surface area contributed by atoms with Gasteiger partial charge in [-0.1, -0.05) is 24.3 Å². The summed E-state index contributed by atoms with van der Waals surface area (Å²) in [4.78, 5) is 21.5. The van der Waals surface area contributed by atoms with E-state index in [2.05, 4.69) is 15.3 Å². The highest BCUT2D eigenvalue weighted by molar-refractivity contribution is 6.01. The molecule has 0 bridgehead atoms. The van der Waals surface area contributed by atoms with Crippen LogP contribution >= 0.6 is 0 Å². The molecule has 196 valence electrons. The van der Waals surface area contributed by atoms with Crippen molar-refractivity contribution in [2.75, 3.05) is 6.54 Å². The number of nitrogens with one attached hydrogen (secondary N) is 1. The molecule has 4 aromatic rings. The summed E-state index contributed by atoms with van der Waals surface area (Å²) in [6.45, 7) is 1.70. The zero-order chi connectivity index (χ0) is 27.5. The van der Waals surface area contributed by atoms with Gasteiger partial charge in [0.1, 0.15) is 0 Å². The smallest absolute Gasteiger partial charge is 0.352 e. The summed E-state index contributed by atoms with van der Waals surface area (Å²) in [7, 11) is 0. The Labute approximate surface area is 214 Å². The summed E-state index contributed by atoms with van der Waals surface area (Å²) < 4.78 is 78.9. The Kier molecular flexibility index (Phi) is 7.52. The molecule has 38 heavy (non-hydrogen) atoms. The standard InChI is InChI=1S/C28H21F6N3O/c1-17-4-2-3-5-22(17)23-15-25(19-7-9-35-10-8-19)37-16-24(23)26(38)36-11-6-18-12-20(27(29,30)31)14-21(13-18)28(32,33)34/h2-5,7-10,12-16H,6,11H2,1H3,(H,36,38). The lowest BCUT2D eigenvalue weighted by Crippen LogP contribution is -2.26. The van der Waals surface area contributed by atoms with E-state index in [0.29, 0.717) is 23.4 Å². The van der Waals surface area contributed by atoms with Gasteiger partial charge in [-0.2, -0.15) is 26.3 Å². The second-order valence-electron chi connectivity index (χ2n) is 8.59. The summed E-state index contributed by atoms with van der Waals surface area (Å²) in [5, 5.41) is 2.60. The molecule has 4 rings (SSSR count). The normalized spacial score (nSPS) is 11.9. The molecule has 0 aliphatic carbocycles. The van der Waals surface area contributed by atoms with Gasteiger partial charge in [0.2, 0.25) is 0 Å². The van der Waals surface area contributed by atoms with E-state index in [-0.39, 0.29) is 30.2 Å². The zero-order valence-electron chi connectivity index (χ0n) is 20.0. The van der Waals surface area contributed by atoms with Gasteiger partial charge in [-0.3, -0.25) is 14.8 Å². The van der Waals surface area contributed by atoms with E-state index in [1.54, 1.807) is 30.6 Å². The highest BCUT2D eigenvalue weighted by Crippen LogP contribution is 2.36. The van der Waals surface area contributed by atoms with Crippen LogP contribution in [-0.2, 0) is 18.8 Å². The zero-order valence-corrected chi connectivity index (χ0v) is 20.0. The lowest BCUT2D eigenvalue weighted by Gasteiger charge is -2.15. The van der Waals surface area contributed by atoms with Crippen molar-refractivity contribution in [2.45, 2.75) is 25.7 Å². The van der Waals surface area contributed by atoms with Crippen molar-refractivity contribution in [3.8, 4) is 22.4 Å². The minimum atomic E-state index is -4.94. The molecule has 1 amide bonds. The number of halogens is 6. The Morgan fingerprint density at radius 2 is 1.47 bits per heavy atom. The van der Waals surface area contributed by atoms with Gasteiger partial charge in [0.05, 0.1) is 22.4 Å². The third-order valence-electron chi connectivity index (χ3n) is 5.91. The van der Waals surface area contributed by atoms with Crippen molar-refractivity contribution in [3.05, 3.63) is 107 Å².